The summed E-state index contributed by atoms with van der Waals surface area (Å²) in [5.41, 5.74) is 22.3. The number of hydrogen-bond donors (Lipinski definition) is 6. The number of phenols is 1. The lowest BCUT2D eigenvalue weighted by atomic mass is 9.47. The highest BCUT2D eigenvalue weighted by atomic mass is 33.1. The molecule has 2 aromatic carbocycles. The van der Waals surface area contributed by atoms with E-state index in [1.54, 1.807) is 6.92 Å². The van der Waals surface area contributed by atoms with Gasteiger partial charge < -0.3 is 47.1 Å². The van der Waals surface area contributed by atoms with Crippen molar-refractivity contribution in [3.05, 3.63) is 70.8 Å². The first-order chi connectivity index (χ1) is 41.6. The molecule has 2 aromatic rings. The van der Waals surface area contributed by atoms with Crippen molar-refractivity contribution in [1.82, 2.24) is 10.2 Å². The van der Waals surface area contributed by atoms with Crippen LogP contribution >= 0.6 is 21.6 Å². The van der Waals surface area contributed by atoms with Gasteiger partial charge in [0, 0.05) is 91.4 Å². The average Bonchev–Trinajstić information content (AvgIpc) is 1.44. The number of hydrogen-bond acceptors (Lipinski definition) is 12. The number of esters is 1. The number of aromatic hydroxyl groups is 1. The van der Waals surface area contributed by atoms with E-state index in [1.165, 1.54) is 95.5 Å². The lowest BCUT2D eigenvalue weighted by Gasteiger charge is -2.59. The first-order valence-corrected chi connectivity index (χ1v) is 36.8. The second-order valence-corrected chi connectivity index (χ2v) is 33.7. The van der Waals surface area contributed by atoms with Gasteiger partial charge in [0.05, 0.1) is 6.10 Å². The molecule has 15 heteroatoms. The Morgan fingerprint density at radius 3 is 2.45 bits per heavy atom. The van der Waals surface area contributed by atoms with Crippen LogP contribution in [0.1, 0.15) is 221 Å². The average molecular weight is 1210 g/mol. The Labute approximate surface area is 519 Å². The van der Waals surface area contributed by atoms with E-state index in [4.69, 9.17) is 31.7 Å². The van der Waals surface area contributed by atoms with Crippen LogP contribution in [0.3, 0.4) is 0 Å². The molecule has 19 rings (SSSR count). The number of phenolic OH excluding ortho intramolecular Hbond substituents is 1. The minimum absolute atomic E-state index is 0.0407. The summed E-state index contributed by atoms with van der Waals surface area (Å²) in [5.74, 6) is 5.12. The van der Waals surface area contributed by atoms with Crippen LogP contribution in [0.15, 0.2) is 58.5 Å². The van der Waals surface area contributed by atoms with Crippen LogP contribution in [-0.2, 0) is 27.3 Å². The van der Waals surface area contributed by atoms with Gasteiger partial charge in [0.2, 0.25) is 5.91 Å². The molecule has 6 spiro atoms. The Morgan fingerprint density at radius 1 is 0.849 bits per heavy atom. The standard InChI is InChI=1S/C71H99N7O6S2/c1-44(79)83-70-37-49-13-15-53(70)34-50-32-51(61(82)62-60(50)47-20-30-69(84-62)27-7-12-52(69)33-47)41-78-43-67(39-58(78)81)54(17-18-56(67)46-10-3-2-4-11-46)40-76-64(74)77-71(28-9-24-65(71)22-5-6-23-65)86-85-42-55-16-14-48(59(49)57(80)38-70)36-68(55)26-8-25-66(68)29-19-45(35-66)21-31-75-63(72)73/h2-4,10-11,20,30,32,45,47-49,52-57,59,80,82H,5-9,12-19,21-29,31,33-43H2,1H3,(H4,72,73,75)(H3,74,76,77)/t45-,47+,48-,49+,52-,53+,54+,55+,56+,57-,59-,66+,67-,68+,69-,70+,71+/m1/s1. The Balaban J connectivity index is 0.834. The molecule has 9 N–H and O–H groups in total. The van der Waals surface area contributed by atoms with Gasteiger partial charge in [0.1, 0.15) is 16.1 Å². The summed E-state index contributed by atoms with van der Waals surface area (Å²) in [7, 11) is 4.27. The maximum Gasteiger partial charge on any atom is 0.303 e. The number of aliphatic hydroxyl groups excluding tert-OH is 1. The number of nitrogens with one attached hydrogen (secondary N) is 1. The van der Waals surface area contributed by atoms with Gasteiger partial charge in [-0.2, -0.15) is 0 Å². The minimum Gasteiger partial charge on any atom is -0.504 e. The number of nitrogens with zero attached hydrogens (tertiary/aromatic N) is 3. The third kappa shape index (κ3) is 9.42. The first kappa shape index (κ1) is 58.3. The molecule has 1 saturated heterocycles. The number of amides is 1. The number of aliphatic imine (C=N–C) groups is 2. The fraction of sp³-hybridized carbons (Fsp3) is 0.746. The zero-order chi connectivity index (χ0) is 58.8. The van der Waals surface area contributed by atoms with Gasteiger partial charge in [-0.1, -0.05) is 77.3 Å². The lowest BCUT2D eigenvalue weighted by molar-refractivity contribution is -0.203. The monoisotopic (exact) mass is 1210 g/mol. The van der Waals surface area contributed by atoms with Crippen molar-refractivity contribution in [2.24, 2.45) is 96.2 Å². The molecule has 9 saturated carbocycles. The molecule has 13 nitrogen and oxygen atoms in total. The molecule has 10 aliphatic carbocycles. The number of carbonyl (C=O) groups excluding carboxylic acids is 2. The van der Waals surface area contributed by atoms with E-state index in [9.17, 15) is 15.0 Å². The van der Waals surface area contributed by atoms with Crippen molar-refractivity contribution in [1.29, 1.82) is 0 Å². The molecule has 10 fully saturated rings. The highest BCUT2D eigenvalue weighted by Gasteiger charge is 2.66. The zero-order valence-electron chi connectivity index (χ0n) is 51.4. The van der Waals surface area contributed by atoms with Crippen LogP contribution in [0, 0.1) is 69.0 Å². The molecule has 7 aliphatic heterocycles. The van der Waals surface area contributed by atoms with Gasteiger partial charge in [-0.3, -0.25) is 19.6 Å². The highest BCUT2D eigenvalue weighted by molar-refractivity contribution is 8.77. The Kier molecular flexibility index (Phi) is 15.0. The summed E-state index contributed by atoms with van der Waals surface area (Å²) in [6, 6.07) is 13.1. The molecule has 86 heavy (non-hydrogen) atoms. The summed E-state index contributed by atoms with van der Waals surface area (Å²) in [6.45, 7) is 3.67. The number of rotatable bonds is 5. The van der Waals surface area contributed by atoms with E-state index < -0.39 is 17.3 Å². The molecule has 17 atom stereocenters. The summed E-state index contributed by atoms with van der Waals surface area (Å²) in [4.78, 5) is 40.6. The second kappa shape index (κ2) is 22.1. The Hall–Kier alpha value is -4.08. The van der Waals surface area contributed by atoms with Crippen molar-refractivity contribution in [2.45, 2.75) is 234 Å². The van der Waals surface area contributed by atoms with Gasteiger partial charge in [0.25, 0.3) is 0 Å². The van der Waals surface area contributed by atoms with E-state index in [-0.39, 0.29) is 92.2 Å². The predicted octanol–water partition coefficient (Wildman–Crippen LogP) is 12.7. The maximum absolute atomic E-state index is 15.1. The SMILES string of the molecule is CC(=O)O[C@]12C[C@@H]3CC[C@H]1Cc1cc(c(O)c4c1[C@H]1C=C[C@@]5(CCC[C@@H]5C1)O4)CN1C[C@]4(CC1=O)[C@@H](CC[C@H]4c1ccccc1)CN=C(N)N[C@@]1(CCCC14CCCC4)SSC[C@@H]1CC[C@H](C[C@@]14CCC[C@@]41CC[C@H](CCN=C(N)N)C1)[C@H]3[C@H](O)C2. The molecular weight excluding hydrogens is 1110 g/mol. The van der Waals surface area contributed by atoms with Crippen LogP contribution in [0.25, 0.3) is 0 Å². The van der Waals surface area contributed by atoms with Gasteiger partial charge in [0.15, 0.2) is 23.4 Å². The number of allylic oxidation sites excluding steroid dienone is 1. The number of carbonyl (C=O) groups is 2. The van der Waals surface area contributed by atoms with Gasteiger partial charge in [-0.15, -0.1) is 0 Å². The number of nitrogens with two attached hydrogens (primary N) is 3. The molecule has 1 amide bonds. The predicted molar refractivity (Wildman–Crippen MR) is 342 cm³/mol. The Bertz CT molecular complexity index is 3030. The van der Waals surface area contributed by atoms with Crippen LogP contribution in [0.2, 0.25) is 0 Å². The van der Waals surface area contributed by atoms with Crippen LogP contribution < -0.4 is 27.3 Å². The largest absolute Gasteiger partial charge is 0.504 e. The van der Waals surface area contributed by atoms with E-state index >= 15 is 4.79 Å². The van der Waals surface area contributed by atoms with Crippen molar-refractivity contribution >= 4 is 45.4 Å². The third-order valence-electron chi connectivity index (χ3n) is 27.5. The molecule has 0 unspecified atom stereocenters. The number of guanidine groups is 2. The molecule has 466 valence electrons. The normalized spacial score (nSPS) is 42.9. The van der Waals surface area contributed by atoms with Crippen molar-refractivity contribution in [3.63, 3.8) is 0 Å². The van der Waals surface area contributed by atoms with Crippen molar-refractivity contribution in [2.75, 3.05) is 25.4 Å². The molecule has 7 heterocycles. The van der Waals surface area contributed by atoms with Crippen LogP contribution in [-0.4, -0.2) is 86.5 Å². The van der Waals surface area contributed by atoms with Crippen LogP contribution in [0.5, 0.6) is 11.5 Å². The fourth-order valence-corrected chi connectivity index (χ4v) is 27.9. The van der Waals surface area contributed by atoms with Gasteiger partial charge in [-0.05, 0) is 230 Å². The molecule has 17 aliphatic rings. The fourth-order valence-electron chi connectivity index (χ4n) is 24.0. The van der Waals surface area contributed by atoms with Gasteiger partial charge in [-0.25, -0.2) is 0 Å². The van der Waals surface area contributed by atoms with Gasteiger partial charge >= 0.3 is 5.97 Å². The lowest BCUT2D eigenvalue weighted by Crippen LogP contribution is -2.59. The summed E-state index contributed by atoms with van der Waals surface area (Å²) < 4.78 is 14.2. The second-order valence-electron chi connectivity index (χ2n) is 31.1. The number of benzene rings is 2. The molecule has 0 radical (unpaired) electrons. The summed E-state index contributed by atoms with van der Waals surface area (Å²) >= 11 is 0. The number of ether oxygens (including phenoxy) is 2. The van der Waals surface area contributed by atoms with Crippen molar-refractivity contribution < 1.29 is 29.3 Å². The molecular formula is C71H99N7O6S2. The van der Waals surface area contributed by atoms with Crippen molar-refractivity contribution in [3.8, 4) is 11.5 Å². The van der Waals surface area contributed by atoms with E-state index in [1.807, 2.05) is 0 Å². The van der Waals surface area contributed by atoms with Crippen LogP contribution in [0.4, 0.5) is 0 Å². The third-order valence-corrected chi connectivity index (χ3v) is 30.8. The minimum atomic E-state index is -0.825. The summed E-state index contributed by atoms with van der Waals surface area (Å²) in [6.07, 6.45) is 34.8. The maximum atomic E-state index is 15.1. The molecule has 12 bridgehead atoms. The smallest absolute Gasteiger partial charge is 0.303 e. The summed E-state index contributed by atoms with van der Waals surface area (Å²) in [5, 5.41) is 30.2. The first-order valence-electron chi connectivity index (χ1n) is 34.5. The topological polar surface area (TPSA) is 211 Å². The molecule has 0 aromatic heterocycles. The quantitative estimate of drug-likeness (QED) is 0.0543. The zero-order valence-corrected chi connectivity index (χ0v) is 53.1. The highest BCUT2D eigenvalue weighted by Crippen LogP contribution is 2.73. The number of aliphatic hydroxyl groups is 1. The van der Waals surface area contributed by atoms with E-state index in [2.05, 4.69) is 85.3 Å². The Morgan fingerprint density at radius 2 is 1.63 bits per heavy atom. The van der Waals surface area contributed by atoms with E-state index in [0.717, 1.165) is 99.5 Å². The van der Waals surface area contributed by atoms with E-state index in [0.29, 0.717) is 74.3 Å².